The Labute approximate surface area is 109 Å². The molecule has 2 saturated carbocycles. The molecule has 1 spiro atoms. The maximum atomic E-state index is 12.3. The molecule has 4 nitrogen and oxygen atoms in total. The van der Waals surface area contributed by atoms with E-state index >= 15 is 0 Å². The predicted molar refractivity (Wildman–Crippen MR) is 69.2 cm³/mol. The molecule has 0 bridgehead atoms. The van der Waals surface area contributed by atoms with E-state index in [4.69, 9.17) is 4.74 Å². The van der Waals surface area contributed by atoms with Crippen LogP contribution in [0.3, 0.4) is 0 Å². The Bertz CT molecular complexity index is 326. The van der Waals surface area contributed by atoms with Gasteiger partial charge in [0.15, 0.2) is 0 Å². The Morgan fingerprint density at radius 3 is 2.83 bits per heavy atom. The minimum absolute atomic E-state index is 0.233. The van der Waals surface area contributed by atoms with Crippen LogP contribution in [0.1, 0.15) is 38.5 Å². The highest BCUT2D eigenvalue weighted by Crippen LogP contribution is 2.58. The molecule has 18 heavy (non-hydrogen) atoms. The van der Waals surface area contributed by atoms with Gasteiger partial charge in [0.25, 0.3) is 0 Å². The molecule has 102 valence electrons. The molecule has 2 aliphatic carbocycles. The standard InChI is InChI=1S/C14H24N2O2/c1-18-12-4-2-3-11(12)16-13(17)10-9-14(10)5-7-15-8-6-14/h10-12,15H,2-9H2,1H3,(H,16,17). The first-order valence-electron chi connectivity index (χ1n) is 7.29. The summed E-state index contributed by atoms with van der Waals surface area (Å²) in [5.41, 5.74) is 0.344. The summed E-state index contributed by atoms with van der Waals surface area (Å²) >= 11 is 0. The van der Waals surface area contributed by atoms with Gasteiger partial charge in [0.1, 0.15) is 0 Å². The first-order valence-corrected chi connectivity index (χ1v) is 7.29. The van der Waals surface area contributed by atoms with E-state index in [0.29, 0.717) is 5.41 Å². The Morgan fingerprint density at radius 1 is 1.33 bits per heavy atom. The third-order valence-electron chi connectivity index (χ3n) is 5.19. The van der Waals surface area contributed by atoms with Crippen molar-refractivity contribution in [2.75, 3.05) is 20.2 Å². The highest BCUT2D eigenvalue weighted by atomic mass is 16.5. The van der Waals surface area contributed by atoms with Gasteiger partial charge in [-0.3, -0.25) is 4.79 Å². The average Bonchev–Trinajstić information content (AvgIpc) is 2.89. The quantitative estimate of drug-likeness (QED) is 0.789. The summed E-state index contributed by atoms with van der Waals surface area (Å²) < 4.78 is 5.44. The first kappa shape index (κ1) is 12.4. The normalized spacial score (nSPS) is 37.7. The summed E-state index contributed by atoms with van der Waals surface area (Å²) in [5.74, 6) is 0.559. The number of ether oxygens (including phenoxy) is 1. The van der Waals surface area contributed by atoms with Gasteiger partial charge in [0, 0.05) is 13.0 Å². The molecule has 0 aromatic rings. The topological polar surface area (TPSA) is 50.4 Å². The Balaban J connectivity index is 1.53. The zero-order chi connectivity index (χ0) is 12.6. The van der Waals surface area contributed by atoms with Gasteiger partial charge in [-0.15, -0.1) is 0 Å². The molecule has 1 saturated heterocycles. The fourth-order valence-corrected chi connectivity index (χ4v) is 3.85. The molecule has 1 aliphatic heterocycles. The van der Waals surface area contributed by atoms with Crippen LogP contribution in [0.2, 0.25) is 0 Å². The molecule has 3 unspecified atom stereocenters. The molecule has 3 aliphatic rings. The largest absolute Gasteiger partial charge is 0.379 e. The highest BCUT2D eigenvalue weighted by molar-refractivity contribution is 5.83. The van der Waals surface area contributed by atoms with Crippen LogP contribution >= 0.6 is 0 Å². The second-order valence-electron chi connectivity index (χ2n) is 6.19. The molecule has 4 heteroatoms. The molecule has 3 atom stereocenters. The number of rotatable bonds is 3. The Morgan fingerprint density at radius 2 is 2.11 bits per heavy atom. The van der Waals surface area contributed by atoms with Crippen LogP contribution in [-0.4, -0.2) is 38.3 Å². The summed E-state index contributed by atoms with van der Waals surface area (Å²) in [6.07, 6.45) is 7.00. The van der Waals surface area contributed by atoms with E-state index in [1.165, 1.54) is 19.3 Å². The van der Waals surface area contributed by atoms with E-state index in [-0.39, 0.29) is 24.0 Å². The van der Waals surface area contributed by atoms with Gasteiger partial charge in [-0.2, -0.15) is 0 Å². The number of carbonyl (C=O) groups excluding carboxylic acids is 1. The molecule has 3 fully saturated rings. The SMILES string of the molecule is COC1CCCC1NC(=O)C1CC12CCNCC2. The number of carbonyl (C=O) groups is 1. The van der Waals surface area contributed by atoms with Crippen LogP contribution in [0.5, 0.6) is 0 Å². The number of methoxy groups -OCH3 is 1. The van der Waals surface area contributed by atoms with Crippen LogP contribution in [0.25, 0.3) is 0 Å². The van der Waals surface area contributed by atoms with E-state index in [1.807, 2.05) is 0 Å². The van der Waals surface area contributed by atoms with Crippen molar-refractivity contribution in [1.29, 1.82) is 0 Å². The fraction of sp³-hybridized carbons (Fsp3) is 0.929. The molecule has 0 radical (unpaired) electrons. The number of hydrogen-bond donors (Lipinski definition) is 2. The van der Waals surface area contributed by atoms with Crippen molar-refractivity contribution in [2.24, 2.45) is 11.3 Å². The first-order chi connectivity index (χ1) is 8.75. The lowest BCUT2D eigenvalue weighted by Gasteiger charge is -2.24. The summed E-state index contributed by atoms with van der Waals surface area (Å²) in [4.78, 5) is 12.3. The number of piperidine rings is 1. The van der Waals surface area contributed by atoms with E-state index in [0.717, 1.165) is 32.4 Å². The Kier molecular flexibility index (Phi) is 3.32. The van der Waals surface area contributed by atoms with Crippen molar-refractivity contribution >= 4 is 5.91 Å². The molecule has 1 heterocycles. The van der Waals surface area contributed by atoms with Gasteiger partial charge < -0.3 is 15.4 Å². The van der Waals surface area contributed by atoms with E-state index < -0.39 is 0 Å². The Hall–Kier alpha value is -0.610. The minimum Gasteiger partial charge on any atom is -0.379 e. The van der Waals surface area contributed by atoms with Gasteiger partial charge in [-0.1, -0.05) is 0 Å². The van der Waals surface area contributed by atoms with Crippen LogP contribution in [0, 0.1) is 11.3 Å². The predicted octanol–water partition coefficient (Wildman–Crippen LogP) is 1.06. The molecule has 0 aromatic heterocycles. The lowest BCUT2D eigenvalue weighted by molar-refractivity contribution is -0.124. The van der Waals surface area contributed by atoms with Gasteiger partial charge in [0.2, 0.25) is 5.91 Å². The van der Waals surface area contributed by atoms with Gasteiger partial charge in [-0.25, -0.2) is 0 Å². The maximum absolute atomic E-state index is 12.3. The monoisotopic (exact) mass is 252 g/mol. The second-order valence-corrected chi connectivity index (χ2v) is 6.19. The molecule has 1 amide bonds. The fourth-order valence-electron chi connectivity index (χ4n) is 3.85. The number of nitrogens with one attached hydrogen (secondary N) is 2. The average molecular weight is 252 g/mol. The van der Waals surface area contributed by atoms with Crippen LogP contribution < -0.4 is 10.6 Å². The zero-order valence-corrected chi connectivity index (χ0v) is 11.2. The van der Waals surface area contributed by atoms with Crippen molar-refractivity contribution in [3.63, 3.8) is 0 Å². The molecule has 0 aromatic carbocycles. The summed E-state index contributed by atoms with van der Waals surface area (Å²) in [6, 6.07) is 0.252. The summed E-state index contributed by atoms with van der Waals surface area (Å²) in [6.45, 7) is 2.15. The highest BCUT2D eigenvalue weighted by Gasteiger charge is 2.57. The summed E-state index contributed by atoms with van der Waals surface area (Å²) in [5, 5.41) is 6.61. The van der Waals surface area contributed by atoms with E-state index in [9.17, 15) is 4.79 Å². The third kappa shape index (κ3) is 2.16. The number of hydrogen-bond acceptors (Lipinski definition) is 3. The van der Waals surface area contributed by atoms with Gasteiger partial charge in [-0.05, 0) is 57.0 Å². The van der Waals surface area contributed by atoms with Crippen LogP contribution in [0.4, 0.5) is 0 Å². The smallest absolute Gasteiger partial charge is 0.224 e. The van der Waals surface area contributed by atoms with Gasteiger partial charge in [0.05, 0.1) is 12.1 Å². The van der Waals surface area contributed by atoms with E-state index in [1.54, 1.807) is 7.11 Å². The van der Waals surface area contributed by atoms with E-state index in [2.05, 4.69) is 10.6 Å². The molecule has 2 N–H and O–H groups in total. The summed E-state index contributed by atoms with van der Waals surface area (Å²) in [7, 11) is 1.75. The van der Waals surface area contributed by atoms with Crippen molar-refractivity contribution in [2.45, 2.75) is 50.7 Å². The van der Waals surface area contributed by atoms with Crippen LogP contribution in [0.15, 0.2) is 0 Å². The third-order valence-corrected chi connectivity index (χ3v) is 5.19. The van der Waals surface area contributed by atoms with Crippen molar-refractivity contribution in [1.82, 2.24) is 10.6 Å². The molecule has 3 rings (SSSR count). The lowest BCUT2D eigenvalue weighted by Crippen LogP contribution is -2.42. The lowest BCUT2D eigenvalue weighted by atomic mass is 9.91. The molecular weight excluding hydrogens is 228 g/mol. The number of amides is 1. The second kappa shape index (κ2) is 4.82. The zero-order valence-electron chi connectivity index (χ0n) is 11.2. The van der Waals surface area contributed by atoms with Crippen molar-refractivity contribution in [3.8, 4) is 0 Å². The maximum Gasteiger partial charge on any atom is 0.224 e. The van der Waals surface area contributed by atoms with Gasteiger partial charge >= 0.3 is 0 Å². The minimum atomic E-state index is 0.233. The van der Waals surface area contributed by atoms with Crippen molar-refractivity contribution < 1.29 is 9.53 Å². The van der Waals surface area contributed by atoms with Crippen LogP contribution in [-0.2, 0) is 9.53 Å². The van der Waals surface area contributed by atoms with Crippen molar-refractivity contribution in [3.05, 3.63) is 0 Å². The molecular formula is C14H24N2O2.